The first-order valence-electron chi connectivity index (χ1n) is 16.1. The third kappa shape index (κ3) is 5.75. The van der Waals surface area contributed by atoms with E-state index in [9.17, 15) is 0 Å². The molecule has 0 N–H and O–H groups in total. The lowest BCUT2D eigenvalue weighted by Gasteiger charge is -2.14. The van der Waals surface area contributed by atoms with Gasteiger partial charge in [-0.2, -0.15) is 0 Å². The minimum atomic E-state index is 0.603. The molecular formula is C40H32N8O2+2. The molecule has 0 spiro atoms. The fourth-order valence-electron chi connectivity index (χ4n) is 5.82. The van der Waals surface area contributed by atoms with Crippen LogP contribution in [-0.2, 0) is 0 Å². The van der Waals surface area contributed by atoms with Crippen molar-refractivity contribution in [2.24, 2.45) is 0 Å². The zero-order chi connectivity index (χ0) is 33.9. The maximum Gasteiger partial charge on any atom is 0.340 e. The summed E-state index contributed by atoms with van der Waals surface area (Å²) in [6, 6.07) is 51.7. The number of nitrogens with zero attached hydrogens (tertiary/aromatic N) is 8. The number of para-hydroxylation sites is 2. The Balaban J connectivity index is 1.21. The van der Waals surface area contributed by atoms with E-state index in [-0.39, 0.29) is 0 Å². The average Bonchev–Trinajstić information content (AvgIpc) is 3.85. The molecule has 8 aromatic rings. The van der Waals surface area contributed by atoms with Gasteiger partial charge in [0.1, 0.15) is 22.9 Å². The second-order valence-corrected chi connectivity index (χ2v) is 11.4. The van der Waals surface area contributed by atoms with Crippen molar-refractivity contribution >= 4 is 0 Å². The molecule has 6 aromatic carbocycles. The summed E-state index contributed by atoms with van der Waals surface area (Å²) in [6.07, 6.45) is 0. The molecule has 0 bridgehead atoms. The van der Waals surface area contributed by atoms with Crippen molar-refractivity contribution in [1.82, 2.24) is 30.0 Å². The predicted octanol–water partition coefficient (Wildman–Crippen LogP) is 6.42. The van der Waals surface area contributed by atoms with Gasteiger partial charge in [-0.3, -0.25) is 0 Å². The number of rotatable bonds is 9. The van der Waals surface area contributed by atoms with Gasteiger partial charge in [0.05, 0.1) is 35.5 Å². The Morgan fingerprint density at radius 1 is 0.440 bits per heavy atom. The molecule has 0 aliphatic carbocycles. The van der Waals surface area contributed by atoms with Crippen LogP contribution in [0.4, 0.5) is 0 Å². The van der Waals surface area contributed by atoms with E-state index in [0.29, 0.717) is 23.1 Å². The van der Waals surface area contributed by atoms with Gasteiger partial charge in [-0.05, 0) is 92.6 Å². The smallest absolute Gasteiger partial charge is 0.340 e. The van der Waals surface area contributed by atoms with Gasteiger partial charge in [-0.25, -0.2) is 0 Å². The number of hydrogen-bond acceptors (Lipinski definition) is 6. The quantitative estimate of drug-likeness (QED) is 0.167. The van der Waals surface area contributed by atoms with E-state index in [1.807, 2.05) is 158 Å². The first-order chi connectivity index (χ1) is 24.7. The van der Waals surface area contributed by atoms with Crippen molar-refractivity contribution in [2.75, 3.05) is 14.2 Å². The van der Waals surface area contributed by atoms with Gasteiger partial charge in [-0.15, -0.1) is 0 Å². The summed E-state index contributed by atoms with van der Waals surface area (Å²) in [5.41, 5.74) is 6.85. The molecule has 8 rings (SSSR count). The van der Waals surface area contributed by atoms with Crippen LogP contribution in [0, 0.1) is 0 Å². The summed E-state index contributed by atoms with van der Waals surface area (Å²) in [4.78, 5) is 7.13. The van der Waals surface area contributed by atoms with E-state index >= 15 is 0 Å². The minimum absolute atomic E-state index is 0.603. The standard InChI is InChI=1S/C40H32N8O2/c1-49-37-27-33(47-43-39(29-15-7-3-8-16-29)41-45(47)31-19-11-5-12-20-31)23-25-35(37)36-26-24-34(28-38(36)50-2)48-44-40(30-17-9-4-10-18-30)42-46(48)32-21-13-6-14-22-32/h3-28H,1-2H3/q+2. The highest BCUT2D eigenvalue weighted by atomic mass is 16.5. The molecule has 0 atom stereocenters. The summed E-state index contributed by atoms with van der Waals surface area (Å²) in [5, 5.41) is 19.6. The Morgan fingerprint density at radius 2 is 0.800 bits per heavy atom. The van der Waals surface area contributed by atoms with E-state index < -0.39 is 0 Å². The number of methoxy groups -OCH3 is 2. The minimum Gasteiger partial charge on any atom is -0.496 e. The molecule has 0 amide bonds. The molecule has 10 heteroatoms. The highest BCUT2D eigenvalue weighted by Crippen LogP contribution is 2.38. The van der Waals surface area contributed by atoms with Crippen LogP contribution in [0.5, 0.6) is 11.5 Å². The topological polar surface area (TPSA) is 87.6 Å². The zero-order valence-electron chi connectivity index (χ0n) is 27.4. The predicted molar refractivity (Wildman–Crippen MR) is 189 cm³/mol. The Hall–Kier alpha value is -6.94. The van der Waals surface area contributed by atoms with Gasteiger partial charge < -0.3 is 9.47 Å². The summed E-state index contributed by atoms with van der Waals surface area (Å²) >= 11 is 0. The number of hydrogen-bond donors (Lipinski definition) is 0. The molecule has 0 fully saturated rings. The van der Waals surface area contributed by atoms with Crippen LogP contribution in [-0.4, -0.2) is 44.2 Å². The van der Waals surface area contributed by atoms with Crippen molar-refractivity contribution < 1.29 is 19.1 Å². The molecular weight excluding hydrogens is 624 g/mol. The van der Waals surface area contributed by atoms with Gasteiger partial charge in [-0.1, -0.05) is 72.8 Å². The Morgan fingerprint density at radius 3 is 1.16 bits per heavy atom. The largest absolute Gasteiger partial charge is 0.496 e. The third-order valence-electron chi connectivity index (χ3n) is 8.28. The van der Waals surface area contributed by atoms with E-state index in [1.54, 1.807) is 33.4 Å². The van der Waals surface area contributed by atoms with Crippen LogP contribution < -0.4 is 19.1 Å². The van der Waals surface area contributed by atoms with Crippen LogP contribution in [0.2, 0.25) is 0 Å². The van der Waals surface area contributed by atoms with Crippen molar-refractivity contribution in [3.63, 3.8) is 0 Å². The molecule has 0 aliphatic heterocycles. The van der Waals surface area contributed by atoms with Crippen LogP contribution in [0.1, 0.15) is 0 Å². The second-order valence-electron chi connectivity index (χ2n) is 11.4. The van der Waals surface area contributed by atoms with E-state index in [2.05, 4.69) is 0 Å². The Bertz CT molecular complexity index is 2220. The maximum absolute atomic E-state index is 5.98. The van der Waals surface area contributed by atoms with Gasteiger partial charge in [0.25, 0.3) is 0 Å². The highest BCUT2D eigenvalue weighted by molar-refractivity contribution is 5.78. The highest BCUT2D eigenvalue weighted by Gasteiger charge is 2.27. The van der Waals surface area contributed by atoms with E-state index in [0.717, 1.165) is 45.0 Å². The van der Waals surface area contributed by atoms with Crippen LogP contribution >= 0.6 is 0 Å². The summed E-state index contributed by atoms with van der Waals surface area (Å²) in [5.74, 6) is 2.50. The van der Waals surface area contributed by atoms with Gasteiger partial charge in [0.15, 0.2) is 11.4 Å². The Labute approximate surface area is 288 Å². The molecule has 0 unspecified atom stereocenters. The molecule has 50 heavy (non-hydrogen) atoms. The van der Waals surface area contributed by atoms with Crippen molar-refractivity contribution in [3.05, 3.63) is 158 Å². The molecule has 0 radical (unpaired) electrons. The first kappa shape index (κ1) is 30.4. The molecule has 0 aliphatic rings. The molecule has 0 saturated carbocycles. The lowest BCUT2D eigenvalue weighted by Crippen LogP contribution is -2.43. The summed E-state index contributed by atoms with van der Waals surface area (Å²) in [7, 11) is 3.32. The van der Waals surface area contributed by atoms with Gasteiger partial charge in [0, 0.05) is 32.9 Å². The molecule has 2 heterocycles. The normalized spacial score (nSPS) is 11.0. The van der Waals surface area contributed by atoms with E-state index in [1.165, 1.54) is 0 Å². The Kier molecular flexibility index (Phi) is 8.08. The zero-order valence-corrected chi connectivity index (χ0v) is 27.4. The third-order valence-corrected chi connectivity index (χ3v) is 8.28. The second kappa shape index (κ2) is 13.3. The molecule has 0 saturated heterocycles. The van der Waals surface area contributed by atoms with E-state index in [4.69, 9.17) is 29.9 Å². The maximum atomic E-state index is 5.98. The first-order valence-corrected chi connectivity index (χ1v) is 16.1. The van der Waals surface area contributed by atoms with Crippen LogP contribution in [0.15, 0.2) is 158 Å². The number of ether oxygens (including phenoxy) is 2. The van der Waals surface area contributed by atoms with Crippen LogP contribution in [0.3, 0.4) is 0 Å². The van der Waals surface area contributed by atoms with Crippen molar-refractivity contribution in [2.45, 2.75) is 0 Å². The average molecular weight is 657 g/mol. The monoisotopic (exact) mass is 656 g/mol. The summed E-state index contributed by atoms with van der Waals surface area (Å²) < 4.78 is 12.0. The fourth-order valence-corrected chi connectivity index (χ4v) is 5.82. The number of aromatic nitrogens is 8. The van der Waals surface area contributed by atoms with Crippen molar-refractivity contribution in [3.8, 4) is 68.2 Å². The number of tetrazole rings is 2. The lowest BCUT2D eigenvalue weighted by atomic mass is 10.0. The van der Waals surface area contributed by atoms with Gasteiger partial charge >= 0.3 is 11.6 Å². The molecule has 10 nitrogen and oxygen atoms in total. The molecule has 2 aromatic heterocycles. The summed E-state index contributed by atoms with van der Waals surface area (Å²) in [6.45, 7) is 0. The SMILES string of the molecule is COc1cc(-n2nc(-c3ccccc3)n[n+]2-c2ccccc2)ccc1-c1ccc(-n2nc(-c3ccccc3)n[n+]2-c2ccccc2)cc1OC. The lowest BCUT2D eigenvalue weighted by molar-refractivity contribution is -0.734. The van der Waals surface area contributed by atoms with Gasteiger partial charge in [0.2, 0.25) is 0 Å². The molecule has 242 valence electrons. The van der Waals surface area contributed by atoms with Crippen LogP contribution in [0.25, 0.3) is 56.7 Å². The van der Waals surface area contributed by atoms with Crippen molar-refractivity contribution in [1.29, 1.82) is 0 Å². The number of benzene rings is 6. The fraction of sp³-hybridized carbons (Fsp3) is 0.0500.